The third-order valence-corrected chi connectivity index (χ3v) is 6.56. The van der Waals surface area contributed by atoms with Crippen LogP contribution in [-0.4, -0.2) is 25.6 Å². The van der Waals surface area contributed by atoms with Crippen LogP contribution < -0.4 is 0 Å². The van der Waals surface area contributed by atoms with Crippen molar-refractivity contribution in [3.05, 3.63) is 0 Å². The molecule has 0 radical (unpaired) electrons. The summed E-state index contributed by atoms with van der Waals surface area (Å²) in [6, 6.07) is 0. The molecule has 0 N–H and O–H groups in total. The first-order chi connectivity index (χ1) is 5.26. The van der Waals surface area contributed by atoms with Crippen molar-refractivity contribution >= 4 is 31.6 Å². The van der Waals surface area contributed by atoms with Crippen LogP contribution in [0.1, 0.15) is 6.92 Å². The molecule has 0 aromatic heterocycles. The van der Waals surface area contributed by atoms with Gasteiger partial charge in [-0.3, -0.25) is 0 Å². The SMILES string of the molecule is CC1S(=O)(=O)OS(=O)OS1(=O)=O. The van der Waals surface area contributed by atoms with Crippen LogP contribution in [0.4, 0.5) is 0 Å². The Bertz CT molecular complexity index is 362. The molecule has 1 aliphatic rings. The third kappa shape index (κ3) is 1.66. The van der Waals surface area contributed by atoms with Gasteiger partial charge in [0.1, 0.15) is 0 Å². The van der Waals surface area contributed by atoms with E-state index >= 15 is 0 Å². The van der Waals surface area contributed by atoms with E-state index in [9.17, 15) is 21.0 Å². The van der Waals surface area contributed by atoms with Crippen LogP contribution in [0.3, 0.4) is 0 Å². The minimum Gasteiger partial charge on any atom is -0.197 e. The maximum atomic E-state index is 10.7. The second-order valence-corrected chi connectivity index (χ2v) is 7.07. The van der Waals surface area contributed by atoms with E-state index in [0.717, 1.165) is 6.92 Å². The van der Waals surface area contributed by atoms with Crippen LogP contribution in [0.2, 0.25) is 0 Å². The summed E-state index contributed by atoms with van der Waals surface area (Å²) < 4.78 is 59.0. The van der Waals surface area contributed by atoms with E-state index in [4.69, 9.17) is 0 Å². The minimum atomic E-state index is -4.33. The summed E-state index contributed by atoms with van der Waals surface area (Å²) in [5, 5.41) is 0. The fraction of sp³-hybridized carbons (Fsp3) is 1.00. The van der Waals surface area contributed by atoms with Gasteiger partial charge in [-0.05, 0) is 6.92 Å². The second-order valence-electron chi connectivity index (χ2n) is 1.89. The molecule has 0 saturated carbocycles. The van der Waals surface area contributed by atoms with Crippen molar-refractivity contribution < 1.29 is 28.3 Å². The highest BCUT2D eigenvalue weighted by Gasteiger charge is 2.44. The molecule has 1 fully saturated rings. The molecule has 0 amide bonds. The molecule has 7 nitrogen and oxygen atoms in total. The Morgan fingerprint density at radius 2 is 1.42 bits per heavy atom. The molecule has 1 rings (SSSR count). The van der Waals surface area contributed by atoms with E-state index < -0.39 is 36.2 Å². The molecule has 1 heterocycles. The van der Waals surface area contributed by atoms with Gasteiger partial charge in [-0.15, -0.1) is 7.26 Å². The Morgan fingerprint density at radius 3 is 1.75 bits per heavy atom. The van der Waals surface area contributed by atoms with Gasteiger partial charge in [0.2, 0.25) is 4.58 Å². The molecule has 10 heteroatoms. The van der Waals surface area contributed by atoms with Crippen LogP contribution in [0.5, 0.6) is 0 Å². The quantitative estimate of drug-likeness (QED) is 0.510. The fourth-order valence-corrected chi connectivity index (χ4v) is 4.57. The maximum Gasteiger partial charge on any atom is 0.336 e. The molecule has 0 spiro atoms. The Labute approximate surface area is 71.8 Å². The first-order valence-electron chi connectivity index (χ1n) is 2.55. The molecule has 0 aromatic carbocycles. The van der Waals surface area contributed by atoms with E-state index in [1.54, 1.807) is 0 Å². The highest BCUT2D eigenvalue weighted by molar-refractivity contribution is 8.13. The van der Waals surface area contributed by atoms with E-state index in [2.05, 4.69) is 7.26 Å². The highest BCUT2D eigenvalue weighted by Crippen LogP contribution is 2.21. The van der Waals surface area contributed by atoms with Crippen LogP contribution in [-0.2, 0) is 38.9 Å². The van der Waals surface area contributed by atoms with Crippen molar-refractivity contribution in [2.75, 3.05) is 0 Å². The lowest BCUT2D eigenvalue weighted by Crippen LogP contribution is -2.37. The Hall–Kier alpha value is -0.0300. The van der Waals surface area contributed by atoms with Crippen molar-refractivity contribution in [2.45, 2.75) is 11.5 Å². The zero-order chi connectivity index (χ0) is 9.57. The Morgan fingerprint density at radius 1 is 1.08 bits per heavy atom. The number of hydrogen-bond donors (Lipinski definition) is 0. The van der Waals surface area contributed by atoms with Crippen molar-refractivity contribution in [3.63, 3.8) is 0 Å². The van der Waals surface area contributed by atoms with Crippen LogP contribution in [0.25, 0.3) is 0 Å². The summed E-state index contributed by atoms with van der Waals surface area (Å²) in [7, 11) is -8.66. The zero-order valence-electron chi connectivity index (χ0n) is 5.66. The van der Waals surface area contributed by atoms with Gasteiger partial charge in [-0.25, -0.2) is 0 Å². The molecule has 0 bridgehead atoms. The van der Waals surface area contributed by atoms with Crippen molar-refractivity contribution in [1.82, 2.24) is 0 Å². The summed E-state index contributed by atoms with van der Waals surface area (Å²) in [5.74, 6) is 0. The van der Waals surface area contributed by atoms with E-state index in [1.165, 1.54) is 0 Å². The van der Waals surface area contributed by atoms with Gasteiger partial charge in [-0.1, -0.05) is 0 Å². The Balaban J connectivity index is 3.27. The predicted octanol–water partition coefficient (Wildman–Crippen LogP) is -1.38. The van der Waals surface area contributed by atoms with Crippen LogP contribution in [0.15, 0.2) is 0 Å². The lowest BCUT2D eigenvalue weighted by Gasteiger charge is -2.15. The summed E-state index contributed by atoms with van der Waals surface area (Å²) in [6.45, 7) is 0.862. The molecule has 0 unspecified atom stereocenters. The first-order valence-corrected chi connectivity index (χ1v) is 6.49. The number of hydrogen-bond acceptors (Lipinski definition) is 7. The highest BCUT2D eigenvalue weighted by atomic mass is 32.3. The standard InChI is InChI=1S/C2H4O7S3/c1-2-11(4,5)8-10(3)9-12(2,6)7/h2H,1H3. The average Bonchev–Trinajstić information content (AvgIpc) is 1.80. The minimum absolute atomic E-state index is 0.862. The van der Waals surface area contributed by atoms with Gasteiger partial charge >= 0.3 is 31.6 Å². The predicted molar refractivity (Wildman–Crippen MR) is 37.6 cm³/mol. The topological polar surface area (TPSA) is 104 Å². The summed E-state index contributed by atoms with van der Waals surface area (Å²) >= 11 is -2.78. The van der Waals surface area contributed by atoms with Crippen LogP contribution >= 0.6 is 0 Å². The zero-order valence-corrected chi connectivity index (χ0v) is 8.11. The first kappa shape index (κ1) is 10.1. The Kier molecular flexibility index (Phi) is 2.29. The fourth-order valence-electron chi connectivity index (χ4n) is 0.421. The van der Waals surface area contributed by atoms with Gasteiger partial charge in [0, 0.05) is 0 Å². The lowest BCUT2D eigenvalue weighted by atomic mass is 11.0. The molecule has 72 valence electrons. The molecule has 1 aliphatic heterocycles. The van der Waals surface area contributed by atoms with Crippen molar-refractivity contribution in [1.29, 1.82) is 0 Å². The molecule has 12 heavy (non-hydrogen) atoms. The monoisotopic (exact) mass is 236 g/mol. The van der Waals surface area contributed by atoms with E-state index in [0.29, 0.717) is 0 Å². The summed E-state index contributed by atoms with van der Waals surface area (Å²) in [5.41, 5.74) is 0. The second kappa shape index (κ2) is 2.73. The molecule has 0 aliphatic carbocycles. The number of rotatable bonds is 0. The van der Waals surface area contributed by atoms with E-state index in [-0.39, 0.29) is 0 Å². The lowest BCUT2D eigenvalue weighted by molar-refractivity contribution is 0.414. The third-order valence-electron chi connectivity index (χ3n) is 1.11. The largest absolute Gasteiger partial charge is 0.336 e. The van der Waals surface area contributed by atoms with Gasteiger partial charge in [-0.2, -0.15) is 21.0 Å². The van der Waals surface area contributed by atoms with Gasteiger partial charge in [0.25, 0.3) is 0 Å². The average molecular weight is 236 g/mol. The molecule has 0 atom stereocenters. The van der Waals surface area contributed by atoms with Crippen molar-refractivity contribution in [3.8, 4) is 0 Å². The molecule has 0 aromatic rings. The molecule has 1 saturated heterocycles. The maximum absolute atomic E-state index is 10.7. The van der Waals surface area contributed by atoms with Crippen molar-refractivity contribution in [2.24, 2.45) is 0 Å². The molecular formula is C2H4O7S3. The molecular weight excluding hydrogens is 232 g/mol. The normalized spacial score (nSPS) is 39.1. The van der Waals surface area contributed by atoms with E-state index in [1.807, 2.05) is 0 Å². The van der Waals surface area contributed by atoms with Gasteiger partial charge in [0.05, 0.1) is 0 Å². The summed E-state index contributed by atoms with van der Waals surface area (Å²) in [4.78, 5) is 0. The summed E-state index contributed by atoms with van der Waals surface area (Å²) in [6.07, 6.45) is 0. The van der Waals surface area contributed by atoms with Gasteiger partial charge < -0.3 is 0 Å². The van der Waals surface area contributed by atoms with Crippen LogP contribution in [0, 0.1) is 0 Å². The van der Waals surface area contributed by atoms with Gasteiger partial charge in [0.15, 0.2) is 0 Å². The smallest absolute Gasteiger partial charge is 0.197 e.